The maximum Gasteiger partial charge on any atom is 0.258 e. The number of halogens is 3. The van der Waals surface area contributed by atoms with Crippen molar-refractivity contribution in [3.8, 4) is 0 Å². The Labute approximate surface area is 136 Å². The number of benzene rings is 1. The molecule has 4 N–H and O–H groups in total. The molecule has 0 aliphatic carbocycles. The van der Waals surface area contributed by atoms with E-state index in [9.17, 15) is 9.18 Å². The number of carbonyl (C=O) groups excluding carboxylic acids is 1. The van der Waals surface area contributed by atoms with Crippen LogP contribution in [-0.2, 0) is 0 Å². The van der Waals surface area contributed by atoms with E-state index in [-0.39, 0.29) is 11.4 Å². The highest BCUT2D eigenvalue weighted by Crippen LogP contribution is 2.25. The van der Waals surface area contributed by atoms with Crippen LogP contribution in [0.1, 0.15) is 10.4 Å². The summed E-state index contributed by atoms with van der Waals surface area (Å²) in [5.41, 5.74) is 2.51. The summed E-state index contributed by atoms with van der Waals surface area (Å²) in [5.74, 6) is 3.57. The number of anilines is 2. The minimum atomic E-state index is -0.797. The van der Waals surface area contributed by atoms with E-state index < -0.39 is 11.7 Å². The SMILES string of the molecule is NNc1nccc(C(=O)Nc2cc(I)ccc2Br)c1F. The smallest absolute Gasteiger partial charge is 0.258 e. The second-order valence-electron chi connectivity index (χ2n) is 3.74. The number of nitrogens with zero attached hydrogens (tertiary/aromatic N) is 1. The van der Waals surface area contributed by atoms with Crippen molar-refractivity contribution in [1.29, 1.82) is 0 Å². The third-order valence-electron chi connectivity index (χ3n) is 2.45. The standard InChI is InChI=1S/C12H9BrFIN4O/c13-8-2-1-6(15)5-9(8)18-12(20)7-3-4-17-11(19-16)10(7)14/h1-5H,16H2,(H,17,19)(H,18,20). The van der Waals surface area contributed by atoms with Crippen LogP contribution in [0.25, 0.3) is 0 Å². The zero-order chi connectivity index (χ0) is 14.7. The Morgan fingerprint density at radius 3 is 2.85 bits per heavy atom. The van der Waals surface area contributed by atoms with Crippen LogP contribution in [0.4, 0.5) is 15.9 Å². The van der Waals surface area contributed by atoms with Gasteiger partial charge in [-0.3, -0.25) is 4.79 Å². The van der Waals surface area contributed by atoms with Crippen molar-refractivity contribution >= 4 is 55.9 Å². The van der Waals surface area contributed by atoms with Crippen LogP contribution >= 0.6 is 38.5 Å². The summed E-state index contributed by atoms with van der Waals surface area (Å²) in [6.45, 7) is 0. The number of hydrogen-bond donors (Lipinski definition) is 3. The highest BCUT2D eigenvalue weighted by Gasteiger charge is 2.16. The first-order valence-corrected chi connectivity index (χ1v) is 7.27. The largest absolute Gasteiger partial charge is 0.321 e. The van der Waals surface area contributed by atoms with Gasteiger partial charge in [-0.25, -0.2) is 15.2 Å². The van der Waals surface area contributed by atoms with Crippen LogP contribution in [0.5, 0.6) is 0 Å². The van der Waals surface area contributed by atoms with Gasteiger partial charge < -0.3 is 10.7 Å². The van der Waals surface area contributed by atoms with E-state index in [1.807, 2.05) is 6.07 Å². The molecular weight excluding hydrogens is 442 g/mol. The van der Waals surface area contributed by atoms with Gasteiger partial charge >= 0.3 is 0 Å². The van der Waals surface area contributed by atoms with E-state index in [1.165, 1.54) is 12.3 Å². The molecule has 1 aromatic carbocycles. The predicted octanol–water partition coefficient (Wildman–Crippen LogP) is 3.13. The van der Waals surface area contributed by atoms with Crippen molar-refractivity contribution in [3.63, 3.8) is 0 Å². The van der Waals surface area contributed by atoms with E-state index in [1.54, 1.807) is 12.1 Å². The van der Waals surface area contributed by atoms with Gasteiger partial charge in [0.2, 0.25) is 0 Å². The molecule has 0 unspecified atom stereocenters. The lowest BCUT2D eigenvalue weighted by molar-refractivity contribution is 0.102. The molecule has 0 bridgehead atoms. The number of nitrogens with two attached hydrogens (primary N) is 1. The van der Waals surface area contributed by atoms with Gasteiger partial charge in [0.05, 0.1) is 11.3 Å². The highest BCUT2D eigenvalue weighted by atomic mass is 127. The van der Waals surface area contributed by atoms with Crippen molar-refractivity contribution in [1.82, 2.24) is 4.98 Å². The number of nitrogens with one attached hydrogen (secondary N) is 2. The van der Waals surface area contributed by atoms with Crippen LogP contribution in [0, 0.1) is 9.39 Å². The summed E-state index contributed by atoms with van der Waals surface area (Å²) in [6.07, 6.45) is 1.30. The molecule has 0 saturated carbocycles. The summed E-state index contributed by atoms with van der Waals surface area (Å²) >= 11 is 5.44. The third kappa shape index (κ3) is 3.25. The summed E-state index contributed by atoms with van der Waals surface area (Å²) in [7, 11) is 0. The quantitative estimate of drug-likeness (QED) is 0.381. The molecule has 0 aliphatic heterocycles. The van der Waals surface area contributed by atoms with Gasteiger partial charge in [0.1, 0.15) is 0 Å². The van der Waals surface area contributed by atoms with Gasteiger partial charge in [-0.05, 0) is 62.8 Å². The molecular formula is C12H9BrFIN4O. The molecule has 5 nitrogen and oxygen atoms in total. The van der Waals surface area contributed by atoms with Crippen molar-refractivity contribution < 1.29 is 9.18 Å². The average Bonchev–Trinajstić information content (AvgIpc) is 2.43. The molecule has 0 fully saturated rings. The minimum Gasteiger partial charge on any atom is -0.321 e. The Balaban J connectivity index is 2.31. The van der Waals surface area contributed by atoms with Crippen molar-refractivity contribution in [2.75, 3.05) is 10.7 Å². The zero-order valence-electron chi connectivity index (χ0n) is 9.95. The average molecular weight is 451 g/mol. The lowest BCUT2D eigenvalue weighted by Gasteiger charge is -2.10. The lowest BCUT2D eigenvalue weighted by Crippen LogP contribution is -2.17. The molecule has 0 radical (unpaired) electrons. The Morgan fingerprint density at radius 2 is 2.15 bits per heavy atom. The van der Waals surface area contributed by atoms with Gasteiger partial charge in [-0.2, -0.15) is 0 Å². The molecule has 8 heteroatoms. The van der Waals surface area contributed by atoms with Crippen LogP contribution in [0.2, 0.25) is 0 Å². The molecule has 1 amide bonds. The topological polar surface area (TPSA) is 80.0 Å². The monoisotopic (exact) mass is 450 g/mol. The first-order chi connectivity index (χ1) is 9.52. The highest BCUT2D eigenvalue weighted by molar-refractivity contribution is 14.1. The molecule has 104 valence electrons. The van der Waals surface area contributed by atoms with E-state index in [0.29, 0.717) is 10.2 Å². The van der Waals surface area contributed by atoms with E-state index in [0.717, 1.165) is 3.57 Å². The molecule has 1 heterocycles. The summed E-state index contributed by atoms with van der Waals surface area (Å²) in [5, 5.41) is 2.63. The number of nitrogen functional groups attached to an aromatic ring is 1. The number of amides is 1. The molecule has 2 aromatic rings. The van der Waals surface area contributed by atoms with Crippen LogP contribution in [0.3, 0.4) is 0 Å². The normalized spacial score (nSPS) is 10.2. The second kappa shape index (κ2) is 6.46. The first-order valence-electron chi connectivity index (χ1n) is 5.40. The van der Waals surface area contributed by atoms with E-state index in [2.05, 4.69) is 54.2 Å². The number of aromatic nitrogens is 1. The molecule has 0 aliphatic rings. The third-order valence-corrected chi connectivity index (χ3v) is 3.81. The van der Waals surface area contributed by atoms with Crippen molar-refractivity contribution in [2.24, 2.45) is 5.84 Å². The Hall–Kier alpha value is -1.26. The summed E-state index contributed by atoms with van der Waals surface area (Å²) in [4.78, 5) is 15.8. The molecule has 2 rings (SSSR count). The predicted molar refractivity (Wildman–Crippen MR) is 86.8 cm³/mol. The van der Waals surface area contributed by atoms with Gasteiger partial charge in [0.15, 0.2) is 11.6 Å². The fourth-order valence-corrected chi connectivity index (χ4v) is 2.34. The minimum absolute atomic E-state index is 0.140. The van der Waals surface area contributed by atoms with Crippen LogP contribution in [0.15, 0.2) is 34.9 Å². The Bertz CT molecular complexity index is 668. The van der Waals surface area contributed by atoms with Crippen molar-refractivity contribution in [2.45, 2.75) is 0 Å². The fourth-order valence-electron chi connectivity index (χ4n) is 1.50. The van der Waals surface area contributed by atoms with Gasteiger partial charge in [-0.1, -0.05) is 0 Å². The second-order valence-corrected chi connectivity index (χ2v) is 5.84. The van der Waals surface area contributed by atoms with Crippen LogP contribution in [-0.4, -0.2) is 10.9 Å². The molecule has 0 atom stereocenters. The van der Waals surface area contributed by atoms with E-state index in [4.69, 9.17) is 5.84 Å². The summed E-state index contributed by atoms with van der Waals surface area (Å²) in [6, 6.07) is 6.73. The maximum absolute atomic E-state index is 13.9. The fraction of sp³-hybridized carbons (Fsp3) is 0. The zero-order valence-corrected chi connectivity index (χ0v) is 13.7. The first kappa shape index (κ1) is 15.1. The number of hydrazine groups is 1. The number of carbonyl (C=O) groups is 1. The maximum atomic E-state index is 13.9. The van der Waals surface area contributed by atoms with Gasteiger partial charge in [0.25, 0.3) is 5.91 Å². The van der Waals surface area contributed by atoms with E-state index >= 15 is 0 Å². The molecule has 0 spiro atoms. The molecule has 1 aromatic heterocycles. The van der Waals surface area contributed by atoms with Gasteiger partial charge in [-0.15, -0.1) is 0 Å². The van der Waals surface area contributed by atoms with Gasteiger partial charge in [0, 0.05) is 14.2 Å². The van der Waals surface area contributed by atoms with Crippen molar-refractivity contribution in [3.05, 3.63) is 49.9 Å². The van der Waals surface area contributed by atoms with Crippen LogP contribution < -0.4 is 16.6 Å². The number of pyridine rings is 1. The number of rotatable bonds is 3. The Kier molecular flexibility index (Phi) is 4.89. The molecule has 0 saturated heterocycles. The Morgan fingerprint density at radius 1 is 1.40 bits per heavy atom. The molecule has 20 heavy (non-hydrogen) atoms. The summed E-state index contributed by atoms with van der Waals surface area (Å²) < 4.78 is 15.6. The lowest BCUT2D eigenvalue weighted by atomic mass is 10.2. The number of hydrogen-bond acceptors (Lipinski definition) is 4.